The highest BCUT2D eigenvalue weighted by atomic mass is 19.1. The Hall–Kier alpha value is -2.47. The number of amides is 1. The van der Waals surface area contributed by atoms with Crippen LogP contribution in [0.3, 0.4) is 0 Å². The Labute approximate surface area is 145 Å². The van der Waals surface area contributed by atoms with Gasteiger partial charge in [-0.3, -0.25) is 9.59 Å². The van der Waals surface area contributed by atoms with Gasteiger partial charge in [0.15, 0.2) is 0 Å². The van der Waals surface area contributed by atoms with Crippen molar-refractivity contribution in [3.63, 3.8) is 0 Å². The zero-order chi connectivity index (χ0) is 18.0. The molecule has 0 radical (unpaired) electrons. The fourth-order valence-corrected chi connectivity index (χ4v) is 3.41. The van der Waals surface area contributed by atoms with Gasteiger partial charge < -0.3 is 15.0 Å². The summed E-state index contributed by atoms with van der Waals surface area (Å²) in [4.78, 5) is 29.1. The van der Waals surface area contributed by atoms with Gasteiger partial charge in [-0.25, -0.2) is 4.39 Å². The molecule has 2 atom stereocenters. The smallest absolute Gasteiger partial charge is 0.261 e. The summed E-state index contributed by atoms with van der Waals surface area (Å²) in [5.74, 6) is -0.652. The van der Waals surface area contributed by atoms with Crippen LogP contribution < -0.4 is 5.56 Å². The minimum atomic E-state index is -0.783. The molecule has 1 aromatic carbocycles. The normalized spacial score (nSPS) is 18.4. The van der Waals surface area contributed by atoms with Crippen LogP contribution in [0, 0.1) is 12.7 Å². The van der Waals surface area contributed by atoms with Crippen molar-refractivity contribution in [2.24, 2.45) is 0 Å². The van der Waals surface area contributed by atoms with Gasteiger partial charge in [-0.15, -0.1) is 0 Å². The monoisotopic (exact) mass is 344 g/mol. The lowest BCUT2D eigenvalue weighted by Gasteiger charge is -2.27. The van der Waals surface area contributed by atoms with E-state index in [2.05, 4.69) is 4.98 Å². The van der Waals surface area contributed by atoms with Crippen LogP contribution in [0.25, 0.3) is 0 Å². The SMILES string of the molecule is Cc1cc[nH]c(=O)c1C(=O)N1CCC[C@H]1C[C@@H](O)c1ccc(F)cc1. The average Bonchev–Trinajstić information content (AvgIpc) is 3.03. The Bertz CT molecular complexity index is 816. The number of aliphatic hydroxyl groups is 1. The van der Waals surface area contributed by atoms with Gasteiger partial charge >= 0.3 is 0 Å². The number of hydrogen-bond acceptors (Lipinski definition) is 3. The molecule has 2 aromatic rings. The number of likely N-dealkylation sites (tertiary alicyclic amines) is 1. The summed E-state index contributed by atoms with van der Waals surface area (Å²) < 4.78 is 13.0. The van der Waals surface area contributed by atoms with Crippen molar-refractivity contribution in [2.75, 3.05) is 6.54 Å². The topological polar surface area (TPSA) is 73.4 Å². The van der Waals surface area contributed by atoms with Crippen LogP contribution >= 0.6 is 0 Å². The van der Waals surface area contributed by atoms with E-state index < -0.39 is 11.7 Å². The highest BCUT2D eigenvalue weighted by Crippen LogP contribution is 2.28. The first-order valence-corrected chi connectivity index (χ1v) is 8.40. The van der Waals surface area contributed by atoms with E-state index in [0.29, 0.717) is 24.1 Å². The van der Waals surface area contributed by atoms with Gasteiger partial charge in [0.05, 0.1) is 6.10 Å². The largest absolute Gasteiger partial charge is 0.388 e. The molecule has 1 amide bonds. The lowest BCUT2D eigenvalue weighted by Crippen LogP contribution is -2.39. The molecule has 2 N–H and O–H groups in total. The van der Waals surface area contributed by atoms with Crippen molar-refractivity contribution in [2.45, 2.75) is 38.3 Å². The molecule has 0 aliphatic carbocycles. The van der Waals surface area contributed by atoms with Crippen LogP contribution in [0.2, 0.25) is 0 Å². The van der Waals surface area contributed by atoms with E-state index in [0.717, 1.165) is 12.8 Å². The number of carbonyl (C=O) groups excluding carboxylic acids is 1. The molecule has 3 rings (SSSR count). The number of hydrogen-bond donors (Lipinski definition) is 2. The molecule has 1 fully saturated rings. The Morgan fingerprint density at radius 2 is 2.08 bits per heavy atom. The molecule has 1 aliphatic heterocycles. The third-order valence-corrected chi connectivity index (χ3v) is 4.77. The summed E-state index contributed by atoms with van der Waals surface area (Å²) in [6.45, 7) is 2.30. The van der Waals surface area contributed by atoms with E-state index in [4.69, 9.17) is 0 Å². The third-order valence-electron chi connectivity index (χ3n) is 4.77. The van der Waals surface area contributed by atoms with Crippen molar-refractivity contribution in [1.29, 1.82) is 0 Å². The van der Waals surface area contributed by atoms with Crippen molar-refractivity contribution < 1.29 is 14.3 Å². The van der Waals surface area contributed by atoms with Crippen LogP contribution in [-0.2, 0) is 0 Å². The summed E-state index contributed by atoms with van der Waals surface area (Å²) in [5.41, 5.74) is 1.02. The maximum Gasteiger partial charge on any atom is 0.261 e. The van der Waals surface area contributed by atoms with E-state index >= 15 is 0 Å². The second-order valence-electron chi connectivity index (χ2n) is 6.46. The minimum absolute atomic E-state index is 0.147. The molecular weight excluding hydrogens is 323 g/mol. The second kappa shape index (κ2) is 7.19. The van der Waals surface area contributed by atoms with Gasteiger partial charge in [0.25, 0.3) is 11.5 Å². The van der Waals surface area contributed by atoms with Gasteiger partial charge in [0.1, 0.15) is 11.4 Å². The fourth-order valence-electron chi connectivity index (χ4n) is 3.41. The molecule has 1 saturated heterocycles. The van der Waals surface area contributed by atoms with Crippen LogP contribution in [-0.4, -0.2) is 33.5 Å². The molecule has 25 heavy (non-hydrogen) atoms. The Morgan fingerprint density at radius 1 is 1.36 bits per heavy atom. The predicted molar refractivity (Wildman–Crippen MR) is 91.8 cm³/mol. The number of aromatic nitrogens is 1. The highest BCUT2D eigenvalue weighted by molar-refractivity contribution is 5.95. The standard InChI is InChI=1S/C19H21FN2O3/c1-12-8-9-21-18(24)17(12)19(25)22-10-2-3-15(22)11-16(23)13-4-6-14(20)7-5-13/h4-9,15-16,23H,2-3,10-11H2,1H3,(H,21,24)/t15-,16+/m0/s1. The van der Waals surface area contributed by atoms with Crippen molar-refractivity contribution in [3.05, 3.63) is 69.4 Å². The molecule has 1 aromatic heterocycles. The highest BCUT2D eigenvalue weighted by Gasteiger charge is 2.32. The summed E-state index contributed by atoms with van der Waals surface area (Å²) in [7, 11) is 0. The first kappa shape index (κ1) is 17.4. The van der Waals surface area contributed by atoms with Gasteiger partial charge in [-0.05, 0) is 55.5 Å². The number of aryl methyl sites for hydroxylation is 1. The molecule has 6 heteroatoms. The number of pyridine rings is 1. The van der Waals surface area contributed by atoms with Gasteiger partial charge in [0, 0.05) is 18.8 Å². The number of nitrogens with one attached hydrogen (secondary N) is 1. The van der Waals surface area contributed by atoms with E-state index in [1.54, 1.807) is 30.0 Å². The average molecular weight is 344 g/mol. The van der Waals surface area contributed by atoms with Gasteiger partial charge in [0.2, 0.25) is 0 Å². The molecule has 2 heterocycles. The number of carbonyl (C=O) groups is 1. The second-order valence-corrected chi connectivity index (χ2v) is 6.46. The van der Waals surface area contributed by atoms with Gasteiger partial charge in [-0.1, -0.05) is 12.1 Å². The number of benzene rings is 1. The van der Waals surface area contributed by atoms with Crippen LogP contribution in [0.15, 0.2) is 41.3 Å². The molecule has 5 nitrogen and oxygen atoms in total. The summed E-state index contributed by atoms with van der Waals surface area (Å²) in [6.07, 6.45) is 2.70. The fraction of sp³-hybridized carbons (Fsp3) is 0.368. The van der Waals surface area contributed by atoms with Crippen molar-refractivity contribution in [3.8, 4) is 0 Å². The third kappa shape index (κ3) is 3.64. The number of rotatable bonds is 4. The van der Waals surface area contributed by atoms with E-state index in [-0.39, 0.29) is 23.3 Å². The van der Waals surface area contributed by atoms with Crippen LogP contribution in [0.4, 0.5) is 4.39 Å². The van der Waals surface area contributed by atoms with Gasteiger partial charge in [-0.2, -0.15) is 0 Å². The number of halogens is 1. The Morgan fingerprint density at radius 3 is 2.76 bits per heavy atom. The zero-order valence-electron chi connectivity index (χ0n) is 14.0. The van der Waals surface area contributed by atoms with Crippen molar-refractivity contribution >= 4 is 5.91 Å². The summed E-state index contributed by atoms with van der Waals surface area (Å²) in [6, 6.07) is 7.27. The molecule has 0 saturated carbocycles. The number of nitrogens with zero attached hydrogens (tertiary/aromatic N) is 1. The molecule has 132 valence electrons. The lowest BCUT2D eigenvalue weighted by atomic mass is 10.00. The minimum Gasteiger partial charge on any atom is -0.388 e. The molecule has 0 bridgehead atoms. The van der Waals surface area contributed by atoms with E-state index in [1.165, 1.54) is 18.3 Å². The molecule has 1 aliphatic rings. The Balaban J connectivity index is 1.77. The number of aliphatic hydroxyl groups excluding tert-OH is 1. The maximum absolute atomic E-state index is 13.0. The number of H-pyrrole nitrogens is 1. The Kier molecular flexibility index (Phi) is 4.99. The quantitative estimate of drug-likeness (QED) is 0.895. The lowest BCUT2D eigenvalue weighted by molar-refractivity contribution is 0.0664. The number of aromatic amines is 1. The molecule has 0 unspecified atom stereocenters. The molecule has 0 spiro atoms. The van der Waals surface area contributed by atoms with Crippen LogP contribution in [0.1, 0.15) is 46.9 Å². The van der Waals surface area contributed by atoms with E-state index in [1.807, 2.05) is 0 Å². The van der Waals surface area contributed by atoms with Crippen molar-refractivity contribution in [1.82, 2.24) is 9.88 Å². The molecular formula is C19H21FN2O3. The first-order valence-electron chi connectivity index (χ1n) is 8.40. The first-order chi connectivity index (χ1) is 12.0. The zero-order valence-corrected chi connectivity index (χ0v) is 14.0. The maximum atomic E-state index is 13.0. The summed E-state index contributed by atoms with van der Waals surface area (Å²) in [5, 5.41) is 10.4. The predicted octanol–water partition coefficient (Wildman–Crippen LogP) is 2.55. The van der Waals surface area contributed by atoms with E-state index in [9.17, 15) is 19.1 Å². The van der Waals surface area contributed by atoms with Crippen LogP contribution in [0.5, 0.6) is 0 Å². The summed E-state index contributed by atoms with van der Waals surface area (Å²) >= 11 is 0.